The lowest BCUT2D eigenvalue weighted by Crippen LogP contribution is -2.23. The Bertz CT molecular complexity index is 1320. The van der Waals surface area contributed by atoms with E-state index in [1.165, 1.54) is 15.9 Å². The zero-order valence-corrected chi connectivity index (χ0v) is 21.3. The number of nitrogens with one attached hydrogen (secondary N) is 2. The van der Waals surface area contributed by atoms with Gasteiger partial charge in [-0.15, -0.1) is 11.3 Å². The third kappa shape index (κ3) is 6.25. The van der Waals surface area contributed by atoms with Crippen LogP contribution in [0.3, 0.4) is 0 Å². The van der Waals surface area contributed by atoms with E-state index in [1.807, 2.05) is 19.9 Å². The number of aromatic nitrogens is 1. The molecule has 2 rings (SSSR count). The molecule has 2 aromatic rings. The summed E-state index contributed by atoms with van der Waals surface area (Å²) in [4.78, 5) is 27.2. The Morgan fingerprint density at radius 1 is 1.09 bits per heavy atom. The van der Waals surface area contributed by atoms with E-state index in [9.17, 15) is 9.59 Å². The van der Waals surface area contributed by atoms with Crippen LogP contribution in [0, 0.1) is 0 Å². The first-order valence-corrected chi connectivity index (χ1v) is 11.7. The van der Waals surface area contributed by atoms with E-state index in [1.54, 1.807) is 61.8 Å². The number of hydrogen-bond donors (Lipinski definition) is 2. The lowest BCUT2D eigenvalue weighted by molar-refractivity contribution is 0.0970. The first-order chi connectivity index (χ1) is 16.7. The van der Waals surface area contributed by atoms with Crippen molar-refractivity contribution in [1.29, 1.82) is 0 Å². The number of anilines is 1. The maximum atomic E-state index is 13.1. The van der Waals surface area contributed by atoms with Crippen molar-refractivity contribution in [2.75, 3.05) is 5.32 Å². The molecule has 0 bridgehead atoms. The van der Waals surface area contributed by atoms with Gasteiger partial charge in [-0.3, -0.25) is 9.59 Å². The average molecular weight is 486 g/mol. The highest BCUT2D eigenvalue weighted by atomic mass is 32.1. The fourth-order valence-corrected chi connectivity index (χ4v) is 4.30. The molecule has 0 saturated heterocycles. The lowest BCUT2D eigenvalue weighted by Gasteiger charge is -2.16. The van der Waals surface area contributed by atoms with Crippen molar-refractivity contribution in [3.8, 4) is 0 Å². The van der Waals surface area contributed by atoms with Gasteiger partial charge in [-0.25, -0.2) is 0 Å². The summed E-state index contributed by atoms with van der Waals surface area (Å²) in [5.41, 5.74) is 4.62. The summed E-state index contributed by atoms with van der Waals surface area (Å²) in [6, 6.07) is 3.54. The Kier molecular flexibility index (Phi) is 9.55. The van der Waals surface area contributed by atoms with Gasteiger partial charge in [0.1, 0.15) is 5.69 Å². The lowest BCUT2D eigenvalue weighted by atomic mass is 9.99. The van der Waals surface area contributed by atoms with Gasteiger partial charge in [-0.2, -0.15) is 0 Å². The van der Waals surface area contributed by atoms with E-state index < -0.39 is 0 Å². The highest BCUT2D eigenvalue weighted by Gasteiger charge is 2.16. The van der Waals surface area contributed by atoms with Crippen LogP contribution in [-0.2, 0) is 7.05 Å². The number of hydrogen-bond acceptors (Lipinski definition) is 4. The van der Waals surface area contributed by atoms with Gasteiger partial charge in [0.15, 0.2) is 0 Å². The Morgan fingerprint density at radius 3 is 2.31 bits per heavy atom. The molecule has 0 aliphatic rings. The van der Waals surface area contributed by atoms with Gasteiger partial charge >= 0.3 is 0 Å². The van der Waals surface area contributed by atoms with E-state index in [0.29, 0.717) is 22.0 Å². The summed E-state index contributed by atoms with van der Waals surface area (Å²) < 4.78 is 1.50. The summed E-state index contributed by atoms with van der Waals surface area (Å²) in [5.74, 6) is -0.256. The van der Waals surface area contributed by atoms with Crippen molar-refractivity contribution < 1.29 is 4.79 Å². The van der Waals surface area contributed by atoms with Crippen LogP contribution in [0.4, 0.5) is 5.69 Å². The van der Waals surface area contributed by atoms with Crippen molar-refractivity contribution >= 4 is 40.7 Å². The number of aryl methyl sites for hydroxylation is 1. The van der Waals surface area contributed by atoms with Gasteiger partial charge in [0.05, 0.1) is 4.88 Å². The third-order valence-corrected chi connectivity index (χ3v) is 6.41. The van der Waals surface area contributed by atoms with Crippen LogP contribution in [0.25, 0.3) is 17.7 Å². The Labute approximate surface area is 211 Å². The van der Waals surface area contributed by atoms with E-state index in [0.717, 1.165) is 27.2 Å². The third-order valence-electron chi connectivity index (χ3n) is 5.27. The van der Waals surface area contributed by atoms with Crippen LogP contribution < -0.4 is 16.2 Å². The van der Waals surface area contributed by atoms with Crippen molar-refractivity contribution in [2.24, 2.45) is 7.05 Å². The molecule has 0 aromatic carbocycles. The van der Waals surface area contributed by atoms with Gasteiger partial charge in [0.25, 0.3) is 11.5 Å². The molecule has 0 aliphatic carbocycles. The van der Waals surface area contributed by atoms with Crippen LogP contribution in [0.15, 0.2) is 103 Å². The first-order valence-electron chi connectivity index (χ1n) is 10.9. The molecule has 6 heteroatoms. The maximum Gasteiger partial charge on any atom is 0.274 e. The van der Waals surface area contributed by atoms with E-state index in [2.05, 4.69) is 43.5 Å². The number of nitrogens with zero attached hydrogens (tertiary/aromatic N) is 1. The zero-order valence-electron chi connectivity index (χ0n) is 20.5. The van der Waals surface area contributed by atoms with Crippen molar-refractivity contribution in [3.63, 3.8) is 0 Å². The predicted molar refractivity (Wildman–Crippen MR) is 152 cm³/mol. The average Bonchev–Trinajstić information content (AvgIpc) is 3.29. The van der Waals surface area contributed by atoms with E-state index in [-0.39, 0.29) is 11.5 Å². The molecule has 35 heavy (non-hydrogen) atoms. The van der Waals surface area contributed by atoms with Crippen LogP contribution in [0.5, 0.6) is 0 Å². The SMILES string of the molecule is C=C/C=C(NC(=O)c1cc(C=C)c(C=C)s1)\C(C)=C(/C=C)c1cc(N/C(C=C)=C/C)c(=O)n(C)c1. The molecular formula is C29H31N3O2S. The minimum Gasteiger partial charge on any atom is -0.351 e. The van der Waals surface area contributed by atoms with Gasteiger partial charge in [0.2, 0.25) is 0 Å². The summed E-state index contributed by atoms with van der Waals surface area (Å²) in [6.07, 6.45) is 13.6. The smallest absolute Gasteiger partial charge is 0.274 e. The molecule has 0 aliphatic heterocycles. The number of carbonyl (C=O) groups is 1. The number of carbonyl (C=O) groups excluding carboxylic acids is 1. The zero-order chi connectivity index (χ0) is 26.1. The molecule has 2 heterocycles. The molecule has 0 saturated carbocycles. The molecule has 180 valence electrons. The number of pyridine rings is 1. The second kappa shape index (κ2) is 12.3. The molecule has 1 amide bonds. The molecular weight excluding hydrogens is 454 g/mol. The molecule has 0 fully saturated rings. The standard InChI is InChI=1S/C29H31N3O2S/c1-9-15-24(31-28(33)27-17-20(10-2)26(14-6)35-27)19(7)23(13-5)21-16-25(29(34)32(8)18-21)30-22(11-3)12-4/h9-18,30H,1-3,5-6H2,4,7-8H3,(H,31,33)/b22-12+,23-19+,24-15+. The monoisotopic (exact) mass is 485 g/mol. The molecule has 0 radical (unpaired) electrons. The summed E-state index contributed by atoms with van der Waals surface area (Å²) in [7, 11) is 1.68. The molecule has 0 unspecified atom stereocenters. The van der Waals surface area contributed by atoms with Gasteiger partial charge in [-0.1, -0.05) is 63.3 Å². The van der Waals surface area contributed by atoms with Crippen molar-refractivity contribution in [3.05, 3.63) is 130 Å². The second-order valence-corrected chi connectivity index (χ2v) is 8.57. The van der Waals surface area contributed by atoms with Crippen LogP contribution in [-0.4, -0.2) is 10.5 Å². The molecule has 5 nitrogen and oxygen atoms in total. The predicted octanol–water partition coefficient (Wildman–Crippen LogP) is 6.69. The highest BCUT2D eigenvalue weighted by molar-refractivity contribution is 7.15. The van der Waals surface area contributed by atoms with E-state index >= 15 is 0 Å². The number of thiophene rings is 1. The van der Waals surface area contributed by atoms with Crippen molar-refractivity contribution in [2.45, 2.75) is 13.8 Å². The fourth-order valence-electron chi connectivity index (χ4n) is 3.39. The fraction of sp³-hybridized carbons (Fsp3) is 0.103. The molecule has 0 spiro atoms. The quantitative estimate of drug-likeness (QED) is 0.348. The topological polar surface area (TPSA) is 63.1 Å². The second-order valence-electron chi connectivity index (χ2n) is 7.48. The van der Waals surface area contributed by atoms with Gasteiger partial charge in [-0.05, 0) is 54.8 Å². The molecule has 0 atom stereocenters. The Balaban J connectivity index is 2.55. The number of rotatable bonds is 11. The van der Waals surface area contributed by atoms with Crippen LogP contribution >= 0.6 is 11.3 Å². The van der Waals surface area contributed by atoms with Crippen LogP contribution in [0.1, 0.15) is 39.5 Å². The summed E-state index contributed by atoms with van der Waals surface area (Å²) >= 11 is 1.34. The first kappa shape index (κ1) is 27.1. The number of amides is 1. The summed E-state index contributed by atoms with van der Waals surface area (Å²) in [6.45, 7) is 22.8. The van der Waals surface area contributed by atoms with Gasteiger partial charge in [0, 0.05) is 35.1 Å². The van der Waals surface area contributed by atoms with Crippen molar-refractivity contribution in [1.82, 2.24) is 9.88 Å². The Morgan fingerprint density at radius 2 is 1.80 bits per heavy atom. The molecule has 2 N–H and O–H groups in total. The largest absolute Gasteiger partial charge is 0.351 e. The summed E-state index contributed by atoms with van der Waals surface area (Å²) in [5, 5.41) is 6.09. The minimum absolute atomic E-state index is 0.181. The van der Waals surface area contributed by atoms with Crippen LogP contribution in [0.2, 0.25) is 0 Å². The highest BCUT2D eigenvalue weighted by Crippen LogP contribution is 2.27. The number of allylic oxidation sites excluding steroid dienone is 7. The van der Waals surface area contributed by atoms with Gasteiger partial charge < -0.3 is 15.2 Å². The molecule has 2 aromatic heterocycles. The Hall–Kier alpha value is -4.16. The maximum absolute atomic E-state index is 13.1. The van der Waals surface area contributed by atoms with E-state index in [4.69, 9.17) is 0 Å². The normalized spacial score (nSPS) is 12.3. The minimum atomic E-state index is -0.256.